The molecule has 0 saturated carbocycles. The molecule has 4 nitrogen and oxygen atoms in total. The number of nitrogens with one attached hydrogen (secondary N) is 1. The summed E-state index contributed by atoms with van der Waals surface area (Å²) >= 11 is 11.7. The van der Waals surface area contributed by atoms with Gasteiger partial charge in [0.05, 0.1) is 0 Å². The number of carbonyl (C=O) groups is 1. The normalized spacial score (nSPS) is 10.4. The Labute approximate surface area is 101 Å². The number of carboxylic acid groups (broad SMARTS) is 1. The largest absolute Gasteiger partial charge is 0.476 e. The van der Waals surface area contributed by atoms with Crippen LogP contribution in [0.4, 0.5) is 0 Å². The molecule has 82 valence electrons. The molecule has 0 fully saturated rings. The second-order valence-corrected chi connectivity index (χ2v) is 3.98. The summed E-state index contributed by atoms with van der Waals surface area (Å²) in [6.45, 7) is 0. The molecule has 0 aliphatic rings. The van der Waals surface area contributed by atoms with E-state index in [9.17, 15) is 4.79 Å². The van der Waals surface area contributed by atoms with E-state index < -0.39 is 5.97 Å². The van der Waals surface area contributed by atoms with Crippen molar-refractivity contribution in [2.45, 2.75) is 0 Å². The van der Waals surface area contributed by atoms with Crippen LogP contribution in [0.1, 0.15) is 10.5 Å². The minimum atomic E-state index is -1.10. The molecule has 0 radical (unpaired) electrons. The molecule has 0 atom stereocenters. The predicted octanol–water partition coefficient (Wildman–Crippen LogP) is 3.08. The first-order valence-electron chi connectivity index (χ1n) is 4.31. The molecule has 0 unspecified atom stereocenters. The van der Waals surface area contributed by atoms with Gasteiger partial charge in [0.15, 0.2) is 5.69 Å². The number of aromatic amines is 1. The van der Waals surface area contributed by atoms with Gasteiger partial charge in [-0.05, 0) is 23.8 Å². The summed E-state index contributed by atoms with van der Waals surface area (Å²) in [6.07, 6.45) is 1.49. The van der Waals surface area contributed by atoms with E-state index in [0.717, 1.165) is 0 Å². The van der Waals surface area contributed by atoms with Crippen LogP contribution in [0.3, 0.4) is 0 Å². The van der Waals surface area contributed by atoms with Gasteiger partial charge in [0.2, 0.25) is 0 Å². The summed E-state index contributed by atoms with van der Waals surface area (Å²) < 4.78 is 0. The molecule has 2 N–H and O–H groups in total. The molecule has 1 aromatic carbocycles. The van der Waals surface area contributed by atoms with Crippen LogP contribution < -0.4 is 0 Å². The fourth-order valence-electron chi connectivity index (χ4n) is 1.38. The van der Waals surface area contributed by atoms with Gasteiger partial charge < -0.3 is 5.11 Å². The molecule has 1 heterocycles. The smallest absolute Gasteiger partial charge is 0.357 e. The van der Waals surface area contributed by atoms with Crippen LogP contribution in [0.5, 0.6) is 0 Å². The summed E-state index contributed by atoms with van der Waals surface area (Å²) in [5.74, 6) is -1.10. The lowest BCUT2D eigenvalue weighted by atomic mass is 10.1. The van der Waals surface area contributed by atoms with Crippen LogP contribution in [-0.2, 0) is 0 Å². The zero-order chi connectivity index (χ0) is 11.7. The minimum Gasteiger partial charge on any atom is -0.476 e. The number of halogens is 2. The first-order chi connectivity index (χ1) is 7.58. The van der Waals surface area contributed by atoms with Crippen LogP contribution in [0, 0.1) is 0 Å². The van der Waals surface area contributed by atoms with Gasteiger partial charge in [-0.1, -0.05) is 23.2 Å². The molecule has 6 heteroatoms. The van der Waals surface area contributed by atoms with Gasteiger partial charge in [-0.15, -0.1) is 0 Å². The fraction of sp³-hybridized carbons (Fsp3) is 0. The van der Waals surface area contributed by atoms with Crippen LogP contribution >= 0.6 is 23.2 Å². The second kappa shape index (κ2) is 4.15. The van der Waals surface area contributed by atoms with Crippen molar-refractivity contribution in [3.05, 3.63) is 40.1 Å². The zero-order valence-electron chi connectivity index (χ0n) is 7.87. The summed E-state index contributed by atoms with van der Waals surface area (Å²) in [6, 6.07) is 4.84. The SMILES string of the molecule is O=C(O)c1n[nH]cc1-c1cc(Cl)cc(Cl)c1. The summed E-state index contributed by atoms with van der Waals surface area (Å²) in [4.78, 5) is 10.9. The number of carboxylic acids is 1. The van der Waals surface area contributed by atoms with Gasteiger partial charge >= 0.3 is 5.97 Å². The van der Waals surface area contributed by atoms with Crippen LogP contribution in [0.15, 0.2) is 24.4 Å². The highest BCUT2D eigenvalue weighted by Gasteiger charge is 2.15. The first kappa shape index (κ1) is 11.0. The van der Waals surface area contributed by atoms with Gasteiger partial charge in [0, 0.05) is 21.8 Å². The molecule has 0 aliphatic heterocycles. The second-order valence-electron chi connectivity index (χ2n) is 3.11. The van der Waals surface area contributed by atoms with Crippen molar-refractivity contribution in [1.29, 1.82) is 0 Å². The molecule has 0 spiro atoms. The maximum absolute atomic E-state index is 10.9. The number of nitrogens with zero attached hydrogens (tertiary/aromatic N) is 1. The summed E-state index contributed by atoms with van der Waals surface area (Å²) in [5, 5.41) is 15.9. The lowest BCUT2D eigenvalue weighted by molar-refractivity contribution is 0.0691. The van der Waals surface area contributed by atoms with E-state index in [1.54, 1.807) is 18.2 Å². The predicted molar refractivity (Wildman–Crippen MR) is 61.0 cm³/mol. The Morgan fingerprint density at radius 2 is 1.88 bits per heavy atom. The lowest BCUT2D eigenvalue weighted by Gasteiger charge is -2.01. The highest BCUT2D eigenvalue weighted by molar-refractivity contribution is 6.35. The van der Waals surface area contributed by atoms with Crippen molar-refractivity contribution >= 4 is 29.2 Å². The van der Waals surface area contributed by atoms with E-state index in [1.165, 1.54) is 6.20 Å². The average molecular weight is 257 g/mol. The van der Waals surface area contributed by atoms with Crippen molar-refractivity contribution in [3.8, 4) is 11.1 Å². The maximum Gasteiger partial charge on any atom is 0.357 e. The first-order valence-corrected chi connectivity index (χ1v) is 5.07. The van der Waals surface area contributed by atoms with E-state index >= 15 is 0 Å². The van der Waals surface area contributed by atoms with Crippen LogP contribution in [0.2, 0.25) is 10.0 Å². The van der Waals surface area contributed by atoms with Crippen molar-refractivity contribution in [2.75, 3.05) is 0 Å². The quantitative estimate of drug-likeness (QED) is 0.868. The average Bonchev–Trinajstić information content (AvgIpc) is 2.63. The molecule has 1 aromatic heterocycles. The van der Waals surface area contributed by atoms with Gasteiger partial charge in [-0.3, -0.25) is 5.10 Å². The van der Waals surface area contributed by atoms with Gasteiger partial charge in [0.1, 0.15) is 0 Å². The Morgan fingerprint density at radius 3 is 2.44 bits per heavy atom. The molecule has 2 rings (SSSR count). The standard InChI is InChI=1S/C10H6Cl2N2O2/c11-6-1-5(2-7(12)3-6)8-4-13-14-9(8)10(15)16/h1-4H,(H,13,14)(H,15,16). The number of aromatic nitrogens is 2. The Morgan fingerprint density at radius 1 is 1.25 bits per heavy atom. The van der Waals surface area contributed by atoms with E-state index in [1.807, 2.05) is 0 Å². The molecule has 16 heavy (non-hydrogen) atoms. The molecule has 2 aromatic rings. The van der Waals surface area contributed by atoms with Gasteiger partial charge in [-0.25, -0.2) is 4.79 Å². The van der Waals surface area contributed by atoms with Crippen LogP contribution in [0.25, 0.3) is 11.1 Å². The molecule has 0 aliphatic carbocycles. The number of rotatable bonds is 2. The van der Waals surface area contributed by atoms with Crippen molar-refractivity contribution < 1.29 is 9.90 Å². The number of aromatic carboxylic acids is 1. The molecular formula is C10H6Cl2N2O2. The van der Waals surface area contributed by atoms with Gasteiger partial charge in [0.25, 0.3) is 0 Å². The minimum absolute atomic E-state index is 0.0571. The van der Waals surface area contributed by atoms with Crippen molar-refractivity contribution in [1.82, 2.24) is 10.2 Å². The Balaban J connectivity index is 2.58. The number of hydrogen-bond acceptors (Lipinski definition) is 2. The molecule has 0 saturated heterocycles. The lowest BCUT2D eigenvalue weighted by Crippen LogP contribution is -1.98. The zero-order valence-corrected chi connectivity index (χ0v) is 9.38. The summed E-state index contributed by atoms with van der Waals surface area (Å²) in [7, 11) is 0. The van der Waals surface area contributed by atoms with E-state index in [0.29, 0.717) is 21.2 Å². The molecule has 0 amide bonds. The van der Waals surface area contributed by atoms with E-state index in [4.69, 9.17) is 28.3 Å². The number of benzene rings is 1. The van der Waals surface area contributed by atoms with Crippen molar-refractivity contribution in [2.24, 2.45) is 0 Å². The molecule has 0 bridgehead atoms. The topological polar surface area (TPSA) is 66.0 Å². The number of hydrogen-bond donors (Lipinski definition) is 2. The van der Waals surface area contributed by atoms with Crippen molar-refractivity contribution in [3.63, 3.8) is 0 Å². The van der Waals surface area contributed by atoms with E-state index in [2.05, 4.69) is 10.2 Å². The fourth-order valence-corrected chi connectivity index (χ4v) is 1.91. The Kier molecular flexibility index (Phi) is 2.85. The van der Waals surface area contributed by atoms with E-state index in [-0.39, 0.29) is 5.69 Å². The monoisotopic (exact) mass is 256 g/mol. The third-order valence-electron chi connectivity index (χ3n) is 2.02. The Hall–Kier alpha value is -1.52. The van der Waals surface area contributed by atoms with Crippen LogP contribution in [-0.4, -0.2) is 21.3 Å². The maximum atomic E-state index is 10.9. The number of H-pyrrole nitrogens is 1. The summed E-state index contributed by atoms with van der Waals surface area (Å²) in [5.41, 5.74) is 1.01. The third kappa shape index (κ3) is 2.03. The highest BCUT2D eigenvalue weighted by atomic mass is 35.5. The highest BCUT2D eigenvalue weighted by Crippen LogP contribution is 2.28. The molecular weight excluding hydrogens is 251 g/mol. The Bertz CT molecular complexity index is 531. The third-order valence-corrected chi connectivity index (χ3v) is 2.45. The van der Waals surface area contributed by atoms with Gasteiger partial charge in [-0.2, -0.15) is 5.10 Å².